The normalized spacial score (nSPS) is 10.6. The van der Waals surface area contributed by atoms with E-state index in [2.05, 4.69) is 11.4 Å². The zero-order chi connectivity index (χ0) is 16.8. The molecule has 0 aliphatic carbocycles. The minimum absolute atomic E-state index is 0.0987. The number of rotatable bonds is 7. The fraction of sp³-hybridized carbons (Fsp3) is 0.375. The second-order valence-corrected chi connectivity index (χ2v) is 8.07. The van der Waals surface area contributed by atoms with Gasteiger partial charge in [0.15, 0.2) is 0 Å². The highest BCUT2D eigenvalue weighted by Gasteiger charge is 2.21. The molecule has 0 bridgehead atoms. The maximum atomic E-state index is 12.1. The molecule has 2 rings (SSSR count). The van der Waals surface area contributed by atoms with Gasteiger partial charge in [-0.05, 0) is 37.8 Å². The summed E-state index contributed by atoms with van der Waals surface area (Å²) in [6.45, 7) is 5.90. The highest BCUT2D eigenvalue weighted by Crippen LogP contribution is 2.33. The summed E-state index contributed by atoms with van der Waals surface area (Å²) in [5.41, 5.74) is 1.35. The minimum Gasteiger partial charge on any atom is -0.462 e. The summed E-state index contributed by atoms with van der Waals surface area (Å²) >= 11 is 4.66. The number of carbonyl (C=O) groups excluding carboxylic acids is 2. The molecule has 0 spiro atoms. The predicted molar refractivity (Wildman–Crippen MR) is 98.9 cm³/mol. The van der Waals surface area contributed by atoms with E-state index in [9.17, 15) is 9.59 Å². The summed E-state index contributed by atoms with van der Waals surface area (Å²) in [6, 6.07) is 4.06. The molecule has 0 aromatic carbocycles. The van der Waals surface area contributed by atoms with Crippen molar-refractivity contribution in [3.63, 3.8) is 0 Å². The topological polar surface area (TPSA) is 55.4 Å². The molecule has 1 N–H and O–H groups in total. The van der Waals surface area contributed by atoms with E-state index >= 15 is 0 Å². The van der Waals surface area contributed by atoms with Gasteiger partial charge < -0.3 is 10.1 Å². The molecule has 2 heterocycles. The first-order valence-corrected chi connectivity index (χ1v) is 10.0. The van der Waals surface area contributed by atoms with Gasteiger partial charge in [0.25, 0.3) is 0 Å². The van der Waals surface area contributed by atoms with Gasteiger partial charge in [-0.2, -0.15) is 0 Å². The fourth-order valence-electron chi connectivity index (χ4n) is 1.97. The number of hydrogen-bond acceptors (Lipinski definition) is 6. The Morgan fingerprint density at radius 3 is 2.78 bits per heavy atom. The summed E-state index contributed by atoms with van der Waals surface area (Å²) < 4.78 is 5.09. The fourth-order valence-corrected chi connectivity index (χ4v) is 4.70. The zero-order valence-corrected chi connectivity index (χ0v) is 15.8. The minimum atomic E-state index is -0.379. The summed E-state index contributed by atoms with van der Waals surface area (Å²) in [5, 5.41) is 5.46. The van der Waals surface area contributed by atoms with Gasteiger partial charge in [-0.3, -0.25) is 4.79 Å². The number of anilines is 1. The summed E-state index contributed by atoms with van der Waals surface area (Å²) in [7, 11) is 0. The molecule has 0 aliphatic rings. The molecule has 0 atom stereocenters. The third-order valence-electron chi connectivity index (χ3n) is 3.18. The van der Waals surface area contributed by atoms with E-state index in [-0.39, 0.29) is 11.9 Å². The molecule has 0 fully saturated rings. The molecular formula is C16H19NO3S3. The summed E-state index contributed by atoms with van der Waals surface area (Å²) in [6.07, 6.45) is 0. The standard InChI is InChI=1S/C16H19NO3S3/c1-4-20-16(19)14-10(2)11(3)23-15(14)17-13(18)9-21-8-12-6-5-7-22-12/h5-7H,4,8-9H2,1-3H3,(H,17,18). The first kappa shape index (κ1) is 18.0. The number of esters is 1. The van der Waals surface area contributed by atoms with Gasteiger partial charge in [0.05, 0.1) is 17.9 Å². The first-order chi connectivity index (χ1) is 11.0. The highest BCUT2D eigenvalue weighted by molar-refractivity contribution is 7.99. The number of amides is 1. The van der Waals surface area contributed by atoms with E-state index in [1.807, 2.05) is 25.3 Å². The average Bonchev–Trinajstić information content (AvgIpc) is 3.09. The van der Waals surface area contributed by atoms with Crippen LogP contribution in [0.25, 0.3) is 0 Å². The summed E-state index contributed by atoms with van der Waals surface area (Å²) in [4.78, 5) is 26.5. The largest absolute Gasteiger partial charge is 0.462 e. The van der Waals surface area contributed by atoms with Crippen molar-refractivity contribution in [1.29, 1.82) is 0 Å². The molecule has 7 heteroatoms. The van der Waals surface area contributed by atoms with Gasteiger partial charge in [0, 0.05) is 15.5 Å². The number of thioether (sulfide) groups is 1. The van der Waals surface area contributed by atoms with Crippen molar-refractivity contribution in [3.05, 3.63) is 38.4 Å². The molecule has 0 saturated carbocycles. The highest BCUT2D eigenvalue weighted by atomic mass is 32.2. The van der Waals surface area contributed by atoms with E-state index < -0.39 is 0 Å². The number of nitrogens with one attached hydrogen (secondary N) is 1. The average molecular weight is 370 g/mol. The predicted octanol–water partition coefficient (Wildman–Crippen LogP) is 4.48. The Bertz CT molecular complexity index is 677. The van der Waals surface area contributed by atoms with Crippen molar-refractivity contribution in [3.8, 4) is 0 Å². The molecule has 2 aromatic heterocycles. The van der Waals surface area contributed by atoms with Crippen LogP contribution in [-0.4, -0.2) is 24.2 Å². The van der Waals surface area contributed by atoms with E-state index in [1.54, 1.807) is 30.0 Å². The van der Waals surface area contributed by atoms with Crippen molar-refractivity contribution in [2.45, 2.75) is 26.5 Å². The Kier molecular flexibility index (Phi) is 6.68. The smallest absolute Gasteiger partial charge is 0.341 e. The number of aryl methyl sites for hydroxylation is 1. The van der Waals surface area contributed by atoms with Crippen LogP contribution in [0.4, 0.5) is 5.00 Å². The van der Waals surface area contributed by atoms with E-state index in [0.29, 0.717) is 22.9 Å². The second-order valence-electron chi connectivity index (χ2n) is 4.83. The monoisotopic (exact) mass is 369 g/mol. The third-order valence-corrected chi connectivity index (χ3v) is 6.34. The number of ether oxygens (including phenoxy) is 1. The lowest BCUT2D eigenvalue weighted by Crippen LogP contribution is -2.16. The molecule has 23 heavy (non-hydrogen) atoms. The molecule has 0 saturated heterocycles. The Morgan fingerprint density at radius 1 is 1.35 bits per heavy atom. The van der Waals surface area contributed by atoms with Crippen LogP contribution in [0.1, 0.15) is 32.6 Å². The Morgan fingerprint density at radius 2 is 2.13 bits per heavy atom. The molecule has 0 aliphatic heterocycles. The van der Waals surface area contributed by atoms with Crippen LogP contribution in [0.15, 0.2) is 17.5 Å². The molecular weight excluding hydrogens is 350 g/mol. The second kappa shape index (κ2) is 8.52. The van der Waals surface area contributed by atoms with Gasteiger partial charge >= 0.3 is 5.97 Å². The lowest BCUT2D eigenvalue weighted by Gasteiger charge is -2.07. The van der Waals surface area contributed by atoms with Crippen LogP contribution in [-0.2, 0) is 15.3 Å². The molecule has 0 radical (unpaired) electrons. The van der Waals surface area contributed by atoms with Crippen LogP contribution in [0.3, 0.4) is 0 Å². The maximum Gasteiger partial charge on any atom is 0.341 e. The number of hydrogen-bond donors (Lipinski definition) is 1. The SMILES string of the molecule is CCOC(=O)c1c(NC(=O)CSCc2cccs2)sc(C)c1C. The lowest BCUT2D eigenvalue weighted by molar-refractivity contribution is -0.113. The van der Waals surface area contributed by atoms with Gasteiger partial charge in [-0.15, -0.1) is 34.4 Å². The summed E-state index contributed by atoms with van der Waals surface area (Å²) in [5.74, 6) is 0.698. The van der Waals surface area contributed by atoms with E-state index in [0.717, 1.165) is 16.2 Å². The Labute approximate surface area is 148 Å². The molecule has 2 aromatic rings. The van der Waals surface area contributed by atoms with Crippen LogP contribution < -0.4 is 5.32 Å². The number of thiophene rings is 2. The lowest BCUT2D eigenvalue weighted by atomic mass is 10.1. The molecule has 124 valence electrons. The van der Waals surface area contributed by atoms with Crippen LogP contribution >= 0.6 is 34.4 Å². The van der Waals surface area contributed by atoms with Crippen molar-refractivity contribution in [2.75, 3.05) is 17.7 Å². The van der Waals surface area contributed by atoms with Crippen molar-refractivity contribution in [2.24, 2.45) is 0 Å². The molecule has 1 amide bonds. The van der Waals surface area contributed by atoms with Gasteiger partial charge in [-0.25, -0.2) is 4.79 Å². The van der Waals surface area contributed by atoms with Gasteiger partial charge in [0.1, 0.15) is 5.00 Å². The molecule has 4 nitrogen and oxygen atoms in total. The van der Waals surface area contributed by atoms with E-state index in [4.69, 9.17) is 4.74 Å². The van der Waals surface area contributed by atoms with Crippen LogP contribution in [0.5, 0.6) is 0 Å². The first-order valence-electron chi connectivity index (χ1n) is 7.20. The maximum absolute atomic E-state index is 12.1. The van der Waals surface area contributed by atoms with Crippen LogP contribution in [0, 0.1) is 13.8 Å². The third kappa shape index (κ3) is 4.83. The Hall–Kier alpha value is -1.31. The number of carbonyl (C=O) groups is 2. The zero-order valence-electron chi connectivity index (χ0n) is 13.3. The van der Waals surface area contributed by atoms with Crippen molar-refractivity contribution >= 4 is 51.3 Å². The van der Waals surface area contributed by atoms with Crippen LogP contribution in [0.2, 0.25) is 0 Å². The van der Waals surface area contributed by atoms with Gasteiger partial charge in [0.2, 0.25) is 5.91 Å². The Balaban J connectivity index is 1.97. The van der Waals surface area contributed by atoms with Crippen molar-refractivity contribution < 1.29 is 14.3 Å². The molecule has 0 unspecified atom stereocenters. The van der Waals surface area contributed by atoms with E-state index in [1.165, 1.54) is 16.2 Å². The van der Waals surface area contributed by atoms with Crippen molar-refractivity contribution in [1.82, 2.24) is 0 Å². The van der Waals surface area contributed by atoms with Gasteiger partial charge in [-0.1, -0.05) is 6.07 Å². The quantitative estimate of drug-likeness (QED) is 0.731.